The molecule has 26 heteroatoms. The van der Waals surface area contributed by atoms with Crippen LogP contribution in [0.25, 0.3) is 22.0 Å². The van der Waals surface area contributed by atoms with Gasteiger partial charge in [-0.25, -0.2) is 15.0 Å². The number of nitrogens with zero attached hydrogens (tertiary/aromatic N) is 7. The molecule has 0 atom stereocenters. The first-order chi connectivity index (χ1) is 31.4. The molecule has 1 fully saturated rings. The summed E-state index contributed by atoms with van der Waals surface area (Å²) in [6.07, 6.45) is 6.51. The van der Waals surface area contributed by atoms with Crippen LogP contribution < -0.4 is 25.4 Å². The monoisotopic (exact) mass is 1140 g/mol. The van der Waals surface area contributed by atoms with Gasteiger partial charge in [0, 0.05) is 119 Å². The Morgan fingerprint density at radius 1 is 0.727 bits per heavy atom. The molecule has 5 N–H and O–H groups in total. The average molecular weight is 1150 g/mol. The summed E-state index contributed by atoms with van der Waals surface area (Å²) in [5, 5.41) is 4.45. The summed E-state index contributed by atoms with van der Waals surface area (Å²) < 4.78 is 77.8. The van der Waals surface area contributed by atoms with Gasteiger partial charge in [-0.15, -0.1) is 0 Å². The summed E-state index contributed by atoms with van der Waals surface area (Å²) in [6.45, 7) is 5.78. The maximum Gasteiger partial charge on any atom is 0.301 e. The van der Waals surface area contributed by atoms with Crippen molar-refractivity contribution in [2.75, 3.05) is 128 Å². The molecular weight excluding hydrogens is 1090 g/mol. The van der Waals surface area contributed by atoms with Crippen LogP contribution in [0.2, 0.25) is 15.5 Å². The Morgan fingerprint density at radius 2 is 1.26 bits per heavy atom. The summed E-state index contributed by atoms with van der Waals surface area (Å²) in [7, 11) is 2.05. The zero-order valence-corrected chi connectivity index (χ0v) is 44.2. The fourth-order valence-electron chi connectivity index (χ4n) is 5.32. The van der Waals surface area contributed by atoms with Crippen molar-refractivity contribution >= 4 is 121 Å². The van der Waals surface area contributed by atoms with E-state index in [0.29, 0.717) is 35.1 Å². The number of rotatable bonds is 17. The van der Waals surface area contributed by atoms with Crippen LogP contribution in [0.1, 0.15) is 0 Å². The van der Waals surface area contributed by atoms with Crippen LogP contribution in [-0.2, 0) is 39.4 Å². The van der Waals surface area contributed by atoms with Gasteiger partial charge in [-0.05, 0) is 80.9 Å². The Hall–Kier alpha value is -3.27. The minimum Gasteiger partial charge on any atom is -0.396 e. The molecule has 0 radical (unpaired) electrons. The van der Waals surface area contributed by atoms with Crippen LogP contribution >= 0.6 is 66.7 Å². The van der Waals surface area contributed by atoms with E-state index < -0.39 is 20.4 Å². The van der Waals surface area contributed by atoms with Crippen molar-refractivity contribution in [2.45, 2.75) is 0 Å². The van der Waals surface area contributed by atoms with Crippen LogP contribution in [0, 0.1) is 0 Å². The number of nitrogen functional groups attached to an aromatic ring is 1. The van der Waals surface area contributed by atoms with E-state index in [-0.39, 0.29) is 41.4 Å². The molecule has 5 aromatic rings. The van der Waals surface area contributed by atoms with Crippen molar-refractivity contribution in [1.29, 1.82) is 0 Å². The third-order valence-corrected chi connectivity index (χ3v) is 13.7. The van der Waals surface area contributed by atoms with Crippen LogP contribution in [0.15, 0.2) is 76.2 Å². The van der Waals surface area contributed by atoms with E-state index in [1.165, 1.54) is 40.6 Å². The zero-order valence-electron chi connectivity index (χ0n) is 37.1. The predicted octanol–water partition coefficient (Wildman–Crippen LogP) is 6.69. The molecular formula is C40H54Br2Cl3N11O8S2. The van der Waals surface area contributed by atoms with Crippen molar-refractivity contribution in [3.05, 3.63) is 91.7 Å². The molecule has 1 saturated heterocycles. The van der Waals surface area contributed by atoms with Crippen LogP contribution in [-0.4, -0.2) is 154 Å². The standard InChI is InChI=1S/C22H26ClN5O4S.C9H13BrClN3O3S.C5H4BrClN2.C4H11NO/c1-27(7-10-31-2)33(29,30)26-20-14-17(15-25-22(20)23)16-3-4-19-18(13-16)21(5-6-24-19)28-8-11-32-12-9-28;1-14(3-4-17-2)18(15,16)13-8-5-7(10)6-12-9(8)11;6-3-1-4(8)5(7)9-2-3;1-5-3-4-6-2/h3-6,13-15,26H,7-12H2,1-2H3;5-6,13H,3-4H2,1-2H3;1-2H,8H2;5H,3-4H2,1-2H3. The first-order valence-electron chi connectivity index (χ1n) is 19.7. The van der Waals surface area contributed by atoms with E-state index in [2.05, 4.69) is 71.5 Å². The van der Waals surface area contributed by atoms with E-state index >= 15 is 0 Å². The number of ether oxygens (including phenoxy) is 4. The highest BCUT2D eigenvalue weighted by Gasteiger charge is 2.21. The molecule has 1 aromatic carbocycles. The molecule has 0 unspecified atom stereocenters. The minimum atomic E-state index is -3.81. The molecule has 364 valence electrons. The topological polar surface area (TPSA) is 229 Å². The van der Waals surface area contributed by atoms with E-state index in [9.17, 15) is 16.8 Å². The second-order valence-corrected chi connectivity index (χ2v) is 20.1. The summed E-state index contributed by atoms with van der Waals surface area (Å²) in [6, 6.07) is 12.9. The first-order valence-corrected chi connectivity index (χ1v) is 25.3. The van der Waals surface area contributed by atoms with Gasteiger partial charge < -0.3 is 34.9 Å². The summed E-state index contributed by atoms with van der Waals surface area (Å²) in [5.74, 6) is 0. The van der Waals surface area contributed by atoms with Gasteiger partial charge in [-0.1, -0.05) is 40.9 Å². The van der Waals surface area contributed by atoms with Crippen LogP contribution in [0.4, 0.5) is 22.7 Å². The van der Waals surface area contributed by atoms with Gasteiger partial charge in [-0.3, -0.25) is 14.4 Å². The zero-order chi connectivity index (χ0) is 48.9. The molecule has 4 aromatic heterocycles. The molecule has 0 bridgehead atoms. The number of aromatic nitrogens is 4. The number of morpholine rings is 1. The number of methoxy groups -OCH3 is 3. The number of anilines is 4. The van der Waals surface area contributed by atoms with E-state index in [1.807, 2.05) is 37.5 Å². The number of hydrogen-bond donors (Lipinski definition) is 4. The SMILES string of the molecule is CNCCOC.COCCN(C)S(=O)(=O)Nc1cc(-c2ccc3nccc(N4CCOCC4)c3c2)cnc1Cl.COCCN(C)S(=O)(=O)Nc1cc(Br)cnc1Cl.Nc1cc(Br)cnc1Cl. The lowest BCUT2D eigenvalue weighted by molar-refractivity contribution is 0.123. The Morgan fingerprint density at radius 3 is 1.77 bits per heavy atom. The number of nitrogens with two attached hydrogens (primary N) is 1. The highest BCUT2D eigenvalue weighted by atomic mass is 79.9. The summed E-state index contributed by atoms with van der Waals surface area (Å²) in [4.78, 5) is 18.6. The molecule has 66 heavy (non-hydrogen) atoms. The molecule has 1 aliphatic heterocycles. The van der Waals surface area contributed by atoms with Crippen LogP contribution in [0.5, 0.6) is 0 Å². The number of benzene rings is 1. The summed E-state index contributed by atoms with van der Waals surface area (Å²) >= 11 is 23.9. The van der Waals surface area contributed by atoms with Crippen molar-refractivity contribution in [3.63, 3.8) is 0 Å². The average Bonchev–Trinajstić information content (AvgIpc) is 3.30. The number of nitrogens with one attached hydrogen (secondary N) is 3. The maximum absolute atomic E-state index is 12.6. The second-order valence-electron chi connectivity index (χ2n) is 13.7. The Kier molecular flexibility index (Phi) is 25.0. The Balaban J connectivity index is 0.000000290. The van der Waals surface area contributed by atoms with Crippen molar-refractivity contribution in [3.8, 4) is 11.1 Å². The number of halogens is 5. The van der Waals surface area contributed by atoms with E-state index in [0.717, 1.165) is 67.0 Å². The highest BCUT2D eigenvalue weighted by Crippen LogP contribution is 2.33. The number of hydrogen-bond acceptors (Lipinski definition) is 15. The van der Waals surface area contributed by atoms with Gasteiger partial charge in [0.25, 0.3) is 0 Å². The lowest BCUT2D eigenvalue weighted by atomic mass is 10.0. The van der Waals surface area contributed by atoms with E-state index in [1.54, 1.807) is 31.6 Å². The molecule has 0 amide bonds. The fourth-order valence-corrected chi connectivity index (χ4v) is 8.32. The third-order valence-electron chi connectivity index (χ3n) is 8.96. The molecule has 6 rings (SSSR count). The highest BCUT2D eigenvalue weighted by molar-refractivity contribution is 9.10. The largest absolute Gasteiger partial charge is 0.396 e. The minimum absolute atomic E-state index is 0.0685. The quantitative estimate of drug-likeness (QED) is 0.0562. The lowest BCUT2D eigenvalue weighted by Crippen LogP contribution is -2.36. The van der Waals surface area contributed by atoms with Gasteiger partial charge in [0.2, 0.25) is 0 Å². The molecule has 1 aliphatic rings. The third kappa shape index (κ3) is 18.7. The smallest absolute Gasteiger partial charge is 0.301 e. The van der Waals surface area contributed by atoms with Crippen molar-refractivity contribution < 1.29 is 35.8 Å². The van der Waals surface area contributed by atoms with Gasteiger partial charge in [-0.2, -0.15) is 25.4 Å². The van der Waals surface area contributed by atoms with Gasteiger partial charge >= 0.3 is 20.4 Å². The molecule has 0 spiro atoms. The second kappa shape index (κ2) is 28.9. The van der Waals surface area contributed by atoms with Crippen molar-refractivity contribution in [1.82, 2.24) is 33.9 Å². The fraction of sp³-hybridized carbons (Fsp3) is 0.400. The van der Waals surface area contributed by atoms with E-state index in [4.69, 9.17) is 59.5 Å². The van der Waals surface area contributed by atoms with Crippen molar-refractivity contribution in [2.24, 2.45) is 0 Å². The maximum atomic E-state index is 12.6. The normalized spacial score (nSPS) is 12.7. The van der Waals surface area contributed by atoms with Gasteiger partial charge in [0.1, 0.15) is 0 Å². The molecule has 19 nitrogen and oxygen atoms in total. The summed E-state index contributed by atoms with van der Waals surface area (Å²) in [5.41, 5.74) is 9.89. The lowest BCUT2D eigenvalue weighted by Gasteiger charge is -2.29. The number of pyridine rings is 4. The molecule has 0 saturated carbocycles. The Bertz CT molecular complexity index is 2520. The molecule has 0 aliphatic carbocycles. The van der Waals surface area contributed by atoms with Gasteiger partial charge in [0.05, 0.1) is 55.6 Å². The van der Waals surface area contributed by atoms with Crippen LogP contribution in [0.3, 0.4) is 0 Å². The van der Waals surface area contributed by atoms with Gasteiger partial charge in [0.15, 0.2) is 15.5 Å². The first kappa shape index (κ1) is 57.1. The Labute approximate surface area is 418 Å². The number of likely N-dealkylation sites (N-methyl/N-ethyl adjacent to an activating group) is 3. The number of fused-ring (bicyclic) bond motifs is 1. The predicted molar refractivity (Wildman–Crippen MR) is 271 cm³/mol. The molecule has 5 heterocycles.